The molecular formula is C30H22FNO8. The Kier molecular flexibility index (Phi) is 5.62. The van der Waals surface area contributed by atoms with E-state index in [2.05, 4.69) is 0 Å². The highest BCUT2D eigenvalue weighted by Crippen LogP contribution is 2.55. The molecule has 3 N–H and O–H groups in total. The Morgan fingerprint density at radius 3 is 2.40 bits per heavy atom. The molecule has 6 rings (SSSR count). The smallest absolute Gasteiger partial charge is 0.339 e. The molecule has 2 amide bonds. The average Bonchev–Trinajstić information content (AvgIpc) is 3.17. The van der Waals surface area contributed by atoms with Crippen molar-refractivity contribution in [1.29, 1.82) is 0 Å². The fraction of sp³-hybridized carbons (Fsp3) is 0.233. The number of imide groups is 1. The third-order valence-corrected chi connectivity index (χ3v) is 8.34. The van der Waals surface area contributed by atoms with Crippen molar-refractivity contribution in [3.8, 4) is 11.5 Å². The van der Waals surface area contributed by atoms with E-state index in [4.69, 9.17) is 0 Å². The molecule has 10 heteroatoms. The summed E-state index contributed by atoms with van der Waals surface area (Å²) >= 11 is 0. The quantitative estimate of drug-likeness (QED) is 0.302. The standard InChI is InChI=1S/C30H22FNO8/c1-12-8-22(34)19-11-18-15(24(26(19)27(12)36)13-2-7-21(33)20(31)9-13)5-6-17-25(18)29(38)32(28(17)37)14-3-4-16(30(39)40)23(35)10-14/h2-5,7-10,17-18,24-25,33,35H,6,11H2,1H3,(H,39,40). The molecule has 0 radical (unpaired) electrons. The number of benzene rings is 2. The number of phenols is 2. The SMILES string of the molecule is CC1=CC(=O)C2=C(C1=O)C(c1ccc(O)c(F)c1)C1=CCC3C(=O)N(c4ccc(C(=O)O)c(O)c4)C(=O)C3C1C2. The van der Waals surface area contributed by atoms with Gasteiger partial charge in [0.05, 0.1) is 17.5 Å². The van der Waals surface area contributed by atoms with Gasteiger partial charge in [-0.2, -0.15) is 0 Å². The summed E-state index contributed by atoms with van der Waals surface area (Å²) in [4.78, 5) is 66.1. The fourth-order valence-electron chi connectivity index (χ4n) is 6.54. The summed E-state index contributed by atoms with van der Waals surface area (Å²) < 4.78 is 14.5. The number of carbonyl (C=O) groups is 5. The third-order valence-electron chi connectivity index (χ3n) is 8.34. The van der Waals surface area contributed by atoms with E-state index in [1.807, 2.05) is 0 Å². The van der Waals surface area contributed by atoms with Crippen LogP contribution in [0.25, 0.3) is 0 Å². The number of carboxylic acid groups (broad SMARTS) is 1. The molecule has 9 nitrogen and oxygen atoms in total. The van der Waals surface area contributed by atoms with Crippen molar-refractivity contribution in [2.24, 2.45) is 17.8 Å². The lowest BCUT2D eigenvalue weighted by Crippen LogP contribution is -2.39. The van der Waals surface area contributed by atoms with E-state index in [0.29, 0.717) is 11.1 Å². The van der Waals surface area contributed by atoms with Crippen LogP contribution < -0.4 is 4.90 Å². The van der Waals surface area contributed by atoms with Gasteiger partial charge < -0.3 is 15.3 Å². The largest absolute Gasteiger partial charge is 0.507 e. The predicted molar refractivity (Wildman–Crippen MR) is 137 cm³/mol. The van der Waals surface area contributed by atoms with Crippen molar-refractivity contribution in [3.05, 3.63) is 87.8 Å². The van der Waals surface area contributed by atoms with Gasteiger partial charge in [0.15, 0.2) is 23.1 Å². The summed E-state index contributed by atoms with van der Waals surface area (Å²) in [6, 6.07) is 7.16. The molecule has 4 aliphatic rings. The Balaban J connectivity index is 1.46. The molecule has 0 aromatic heterocycles. The molecule has 0 saturated carbocycles. The van der Waals surface area contributed by atoms with E-state index in [1.54, 1.807) is 6.08 Å². The minimum absolute atomic E-state index is 0.0174. The van der Waals surface area contributed by atoms with E-state index in [1.165, 1.54) is 25.1 Å². The number of aromatic carboxylic acids is 1. The summed E-state index contributed by atoms with van der Waals surface area (Å²) in [6.45, 7) is 1.53. The van der Waals surface area contributed by atoms with Gasteiger partial charge in [-0.15, -0.1) is 0 Å². The maximum atomic E-state index is 14.5. The Morgan fingerprint density at radius 1 is 0.975 bits per heavy atom. The lowest BCUT2D eigenvalue weighted by Gasteiger charge is -2.42. The number of rotatable bonds is 3. The lowest BCUT2D eigenvalue weighted by molar-refractivity contribution is -0.123. The van der Waals surface area contributed by atoms with Gasteiger partial charge in [-0.05, 0) is 61.6 Å². The van der Waals surface area contributed by atoms with Crippen LogP contribution in [0.1, 0.15) is 41.6 Å². The minimum atomic E-state index is -1.37. The molecule has 0 bridgehead atoms. The number of fused-ring (bicyclic) bond motifs is 3. The number of hydrogen-bond acceptors (Lipinski definition) is 7. The topological polar surface area (TPSA) is 149 Å². The maximum absolute atomic E-state index is 14.5. The molecule has 40 heavy (non-hydrogen) atoms. The molecule has 0 spiro atoms. The number of nitrogens with zero attached hydrogens (tertiary/aromatic N) is 1. The number of anilines is 1. The van der Waals surface area contributed by atoms with Crippen LogP contribution in [0.3, 0.4) is 0 Å². The number of aromatic hydroxyl groups is 2. The second-order valence-electron chi connectivity index (χ2n) is 10.5. The number of hydrogen-bond donors (Lipinski definition) is 3. The van der Waals surface area contributed by atoms with Gasteiger partial charge >= 0.3 is 5.97 Å². The van der Waals surface area contributed by atoms with Crippen molar-refractivity contribution < 1.29 is 43.7 Å². The lowest BCUT2D eigenvalue weighted by atomic mass is 9.59. The zero-order valence-corrected chi connectivity index (χ0v) is 21.1. The maximum Gasteiger partial charge on any atom is 0.339 e. The number of Topliss-reactive ketones (excluding diaryl/α,β-unsaturated/α-hetero) is 1. The molecule has 202 valence electrons. The Bertz CT molecular complexity index is 1680. The molecule has 3 aliphatic carbocycles. The zero-order valence-electron chi connectivity index (χ0n) is 21.1. The zero-order chi connectivity index (χ0) is 28.6. The highest BCUT2D eigenvalue weighted by molar-refractivity contribution is 6.25. The third kappa shape index (κ3) is 3.55. The number of carboxylic acids is 1. The van der Waals surface area contributed by atoms with Crippen LogP contribution in [0.5, 0.6) is 11.5 Å². The number of ketones is 2. The van der Waals surface area contributed by atoms with E-state index in [0.717, 1.165) is 29.2 Å². The van der Waals surface area contributed by atoms with Crippen molar-refractivity contribution in [2.45, 2.75) is 25.7 Å². The van der Waals surface area contributed by atoms with Crippen molar-refractivity contribution >= 4 is 35.0 Å². The van der Waals surface area contributed by atoms with Gasteiger partial charge in [-0.25, -0.2) is 14.1 Å². The first-order valence-electron chi connectivity index (χ1n) is 12.6. The van der Waals surface area contributed by atoms with E-state index >= 15 is 0 Å². The minimum Gasteiger partial charge on any atom is -0.507 e. The number of allylic oxidation sites excluding steroid dienone is 6. The molecule has 2 aromatic carbocycles. The number of phenolic OH excluding ortho intramolecular Hbond substituents is 1. The normalized spacial score (nSPS) is 25.8. The molecule has 1 fully saturated rings. The first-order chi connectivity index (χ1) is 19.0. The summed E-state index contributed by atoms with van der Waals surface area (Å²) in [5, 5.41) is 29.2. The second kappa shape index (κ2) is 8.84. The summed E-state index contributed by atoms with van der Waals surface area (Å²) in [5.74, 6) is -8.50. The Hall–Kier alpha value is -4.86. The van der Waals surface area contributed by atoms with Crippen LogP contribution in [-0.4, -0.2) is 44.7 Å². The van der Waals surface area contributed by atoms with E-state index < -0.39 is 58.8 Å². The molecule has 4 unspecified atom stereocenters. The van der Waals surface area contributed by atoms with Gasteiger partial charge in [0.1, 0.15) is 11.3 Å². The highest BCUT2D eigenvalue weighted by Gasteiger charge is 2.56. The van der Waals surface area contributed by atoms with Crippen LogP contribution in [0.4, 0.5) is 10.1 Å². The van der Waals surface area contributed by atoms with Crippen LogP contribution >= 0.6 is 0 Å². The molecule has 1 heterocycles. The first-order valence-corrected chi connectivity index (χ1v) is 12.6. The van der Waals surface area contributed by atoms with Crippen LogP contribution in [0.15, 0.2) is 70.8 Å². The Morgan fingerprint density at radius 2 is 1.73 bits per heavy atom. The van der Waals surface area contributed by atoms with Gasteiger partial charge in [0.25, 0.3) is 0 Å². The summed E-state index contributed by atoms with van der Waals surface area (Å²) in [7, 11) is 0. The Labute approximate surface area is 226 Å². The van der Waals surface area contributed by atoms with Crippen molar-refractivity contribution in [2.75, 3.05) is 4.90 Å². The predicted octanol–water partition coefficient (Wildman–Crippen LogP) is 3.57. The average molecular weight is 544 g/mol. The summed E-state index contributed by atoms with van der Waals surface area (Å²) in [6.07, 6.45) is 3.19. The molecular weight excluding hydrogens is 521 g/mol. The number of halogens is 1. The van der Waals surface area contributed by atoms with Crippen molar-refractivity contribution in [1.82, 2.24) is 0 Å². The van der Waals surface area contributed by atoms with Gasteiger partial charge in [0, 0.05) is 28.7 Å². The first kappa shape index (κ1) is 25.4. The van der Waals surface area contributed by atoms with Gasteiger partial charge in [-0.1, -0.05) is 17.7 Å². The summed E-state index contributed by atoms with van der Waals surface area (Å²) in [5.41, 5.74) is 1.23. The molecule has 2 aromatic rings. The molecule has 1 saturated heterocycles. The second-order valence-corrected chi connectivity index (χ2v) is 10.5. The van der Waals surface area contributed by atoms with Crippen LogP contribution in [-0.2, 0) is 19.2 Å². The van der Waals surface area contributed by atoms with Crippen LogP contribution in [0.2, 0.25) is 0 Å². The molecule has 4 atom stereocenters. The van der Waals surface area contributed by atoms with Crippen LogP contribution in [0, 0.1) is 23.6 Å². The van der Waals surface area contributed by atoms with Crippen molar-refractivity contribution in [3.63, 3.8) is 0 Å². The van der Waals surface area contributed by atoms with Gasteiger partial charge in [0.2, 0.25) is 11.8 Å². The number of amides is 2. The van der Waals surface area contributed by atoms with E-state index in [9.17, 15) is 43.7 Å². The van der Waals surface area contributed by atoms with E-state index in [-0.39, 0.29) is 52.4 Å². The highest BCUT2D eigenvalue weighted by atomic mass is 19.1. The fourth-order valence-corrected chi connectivity index (χ4v) is 6.54. The monoisotopic (exact) mass is 543 g/mol. The van der Waals surface area contributed by atoms with Gasteiger partial charge in [-0.3, -0.25) is 19.2 Å². The molecule has 1 aliphatic heterocycles. The number of carbonyl (C=O) groups excluding carboxylic acids is 4.